The SMILES string of the molecule is CN(C(=O)CSc1ccccc1C(=O)NC(C1CC1)C1CC1)C1CCCCC1. The zero-order valence-corrected chi connectivity index (χ0v) is 17.7. The van der Waals surface area contributed by atoms with Crippen molar-refractivity contribution in [1.29, 1.82) is 0 Å². The average Bonchev–Trinajstić information content (AvgIpc) is 3.64. The molecular weight excluding hydrogens is 368 g/mol. The van der Waals surface area contributed by atoms with E-state index in [-0.39, 0.29) is 11.8 Å². The molecule has 5 heteroatoms. The third-order valence-electron chi connectivity index (χ3n) is 6.56. The second kappa shape index (κ2) is 8.89. The number of carbonyl (C=O) groups is 2. The fourth-order valence-corrected chi connectivity index (χ4v) is 5.43. The van der Waals surface area contributed by atoms with Crippen LogP contribution < -0.4 is 5.32 Å². The molecule has 4 nitrogen and oxygen atoms in total. The number of benzene rings is 1. The molecule has 1 aromatic carbocycles. The Morgan fingerprint density at radius 2 is 1.68 bits per heavy atom. The Labute approximate surface area is 172 Å². The predicted octanol–water partition coefficient (Wildman–Crippen LogP) is 4.49. The number of amides is 2. The van der Waals surface area contributed by atoms with Crippen molar-refractivity contribution in [2.24, 2.45) is 11.8 Å². The minimum atomic E-state index is 0.0278. The predicted molar refractivity (Wildman–Crippen MR) is 114 cm³/mol. The first-order chi connectivity index (χ1) is 13.6. The summed E-state index contributed by atoms with van der Waals surface area (Å²) in [6.45, 7) is 0. The molecule has 0 saturated heterocycles. The normalized spacial score (nSPS) is 20.2. The summed E-state index contributed by atoms with van der Waals surface area (Å²) in [6, 6.07) is 8.47. The largest absolute Gasteiger partial charge is 0.349 e. The van der Waals surface area contributed by atoms with Crippen molar-refractivity contribution in [2.45, 2.75) is 74.8 Å². The Balaban J connectivity index is 1.35. The zero-order valence-electron chi connectivity index (χ0n) is 16.9. The minimum absolute atomic E-state index is 0.0278. The van der Waals surface area contributed by atoms with Crippen LogP contribution in [0.4, 0.5) is 0 Å². The fourth-order valence-electron chi connectivity index (χ4n) is 4.45. The Hall–Kier alpha value is -1.49. The van der Waals surface area contributed by atoms with E-state index in [0.717, 1.165) is 17.7 Å². The molecule has 0 heterocycles. The van der Waals surface area contributed by atoms with Gasteiger partial charge in [0, 0.05) is 24.0 Å². The first-order valence-corrected chi connectivity index (χ1v) is 11.9. The molecule has 0 aromatic heterocycles. The topological polar surface area (TPSA) is 49.4 Å². The van der Waals surface area contributed by atoms with Gasteiger partial charge in [0.2, 0.25) is 5.91 Å². The van der Waals surface area contributed by atoms with E-state index in [2.05, 4.69) is 5.32 Å². The third-order valence-corrected chi connectivity index (χ3v) is 7.61. The monoisotopic (exact) mass is 400 g/mol. The number of hydrogen-bond acceptors (Lipinski definition) is 3. The standard InChI is InChI=1S/C23H32N2O2S/c1-25(18-7-3-2-4-8-18)21(26)15-28-20-10-6-5-9-19(20)23(27)24-22(16-11-12-16)17-13-14-17/h5-6,9-10,16-18,22H,2-4,7-8,11-15H2,1H3,(H,24,27). The zero-order chi connectivity index (χ0) is 19.5. The highest BCUT2D eigenvalue weighted by Gasteiger charge is 2.42. The Morgan fingerprint density at radius 1 is 1.04 bits per heavy atom. The molecule has 1 aromatic rings. The van der Waals surface area contributed by atoms with Gasteiger partial charge in [-0.2, -0.15) is 0 Å². The summed E-state index contributed by atoms with van der Waals surface area (Å²) < 4.78 is 0. The van der Waals surface area contributed by atoms with Crippen molar-refractivity contribution in [3.8, 4) is 0 Å². The fraction of sp³-hybridized carbons (Fsp3) is 0.652. The highest BCUT2D eigenvalue weighted by Crippen LogP contribution is 2.44. The number of nitrogens with zero attached hydrogens (tertiary/aromatic N) is 1. The van der Waals surface area contributed by atoms with E-state index in [9.17, 15) is 9.59 Å². The van der Waals surface area contributed by atoms with Gasteiger partial charge in [0.15, 0.2) is 0 Å². The van der Waals surface area contributed by atoms with Crippen molar-refractivity contribution in [3.05, 3.63) is 29.8 Å². The van der Waals surface area contributed by atoms with Crippen LogP contribution in [0.1, 0.15) is 68.1 Å². The first-order valence-electron chi connectivity index (χ1n) is 10.9. The highest BCUT2D eigenvalue weighted by atomic mass is 32.2. The lowest BCUT2D eigenvalue weighted by Crippen LogP contribution is -2.39. The van der Waals surface area contributed by atoms with Crippen molar-refractivity contribution in [2.75, 3.05) is 12.8 Å². The maximum Gasteiger partial charge on any atom is 0.252 e. The minimum Gasteiger partial charge on any atom is -0.349 e. The van der Waals surface area contributed by atoms with Crippen LogP contribution in [0.2, 0.25) is 0 Å². The van der Waals surface area contributed by atoms with Crippen LogP contribution in [0.15, 0.2) is 29.2 Å². The maximum atomic E-state index is 12.9. The Bertz CT molecular complexity index is 696. The second-order valence-electron chi connectivity index (χ2n) is 8.76. The molecule has 0 aliphatic heterocycles. The van der Waals surface area contributed by atoms with Crippen LogP contribution in [0.25, 0.3) is 0 Å². The molecule has 3 saturated carbocycles. The number of carbonyl (C=O) groups excluding carboxylic acids is 2. The molecule has 3 aliphatic rings. The molecule has 4 rings (SSSR count). The van der Waals surface area contributed by atoms with Crippen LogP contribution in [-0.4, -0.2) is 41.6 Å². The third kappa shape index (κ3) is 4.91. The van der Waals surface area contributed by atoms with Gasteiger partial charge in [0.05, 0.1) is 11.3 Å². The molecule has 0 unspecified atom stereocenters. The average molecular weight is 401 g/mol. The molecule has 3 aliphatic carbocycles. The first kappa shape index (κ1) is 19.8. The van der Waals surface area contributed by atoms with Gasteiger partial charge in [-0.1, -0.05) is 31.4 Å². The molecule has 3 fully saturated rings. The van der Waals surface area contributed by atoms with Gasteiger partial charge in [-0.25, -0.2) is 0 Å². The quantitative estimate of drug-likeness (QED) is 0.654. The van der Waals surface area contributed by atoms with Gasteiger partial charge in [0.25, 0.3) is 5.91 Å². The smallest absolute Gasteiger partial charge is 0.252 e. The lowest BCUT2D eigenvalue weighted by Gasteiger charge is -2.31. The molecule has 152 valence electrons. The van der Waals surface area contributed by atoms with E-state index in [1.165, 1.54) is 56.7 Å². The van der Waals surface area contributed by atoms with Crippen LogP contribution >= 0.6 is 11.8 Å². The number of rotatable bonds is 8. The molecule has 0 spiro atoms. The lowest BCUT2D eigenvalue weighted by atomic mass is 9.94. The summed E-state index contributed by atoms with van der Waals surface area (Å²) in [5.74, 6) is 1.95. The summed E-state index contributed by atoms with van der Waals surface area (Å²) in [6.07, 6.45) is 11.0. The molecule has 1 N–H and O–H groups in total. The van der Waals surface area contributed by atoms with Crippen LogP contribution in [-0.2, 0) is 4.79 Å². The summed E-state index contributed by atoms with van der Waals surface area (Å²) in [5, 5.41) is 3.31. The second-order valence-corrected chi connectivity index (χ2v) is 9.77. The number of thioether (sulfide) groups is 1. The number of nitrogens with one attached hydrogen (secondary N) is 1. The van der Waals surface area contributed by atoms with E-state index in [1.54, 1.807) is 0 Å². The molecule has 0 bridgehead atoms. The van der Waals surface area contributed by atoms with Crippen molar-refractivity contribution >= 4 is 23.6 Å². The van der Waals surface area contributed by atoms with Crippen LogP contribution in [0, 0.1) is 11.8 Å². The number of hydrogen-bond donors (Lipinski definition) is 1. The van der Waals surface area contributed by atoms with E-state index in [0.29, 0.717) is 35.2 Å². The van der Waals surface area contributed by atoms with Crippen LogP contribution in [0.3, 0.4) is 0 Å². The van der Waals surface area contributed by atoms with Gasteiger partial charge in [-0.05, 0) is 62.5 Å². The van der Waals surface area contributed by atoms with Gasteiger partial charge >= 0.3 is 0 Å². The molecule has 2 amide bonds. The van der Waals surface area contributed by atoms with Gasteiger partial charge in [0.1, 0.15) is 0 Å². The molecule has 0 atom stereocenters. The maximum absolute atomic E-state index is 12.9. The van der Waals surface area contributed by atoms with E-state index >= 15 is 0 Å². The van der Waals surface area contributed by atoms with Gasteiger partial charge in [-0.3, -0.25) is 9.59 Å². The summed E-state index contributed by atoms with van der Waals surface area (Å²) in [7, 11) is 1.94. The van der Waals surface area contributed by atoms with Crippen molar-refractivity contribution < 1.29 is 9.59 Å². The summed E-state index contributed by atoms with van der Waals surface area (Å²) in [5.41, 5.74) is 0.715. The van der Waals surface area contributed by atoms with Gasteiger partial charge in [-0.15, -0.1) is 11.8 Å². The lowest BCUT2D eigenvalue weighted by molar-refractivity contribution is -0.129. The van der Waals surface area contributed by atoms with E-state index in [1.807, 2.05) is 36.2 Å². The Kier molecular flexibility index (Phi) is 6.29. The van der Waals surface area contributed by atoms with Crippen LogP contribution in [0.5, 0.6) is 0 Å². The van der Waals surface area contributed by atoms with E-state index in [4.69, 9.17) is 0 Å². The molecular formula is C23H32N2O2S. The molecule has 28 heavy (non-hydrogen) atoms. The molecule has 0 radical (unpaired) electrons. The highest BCUT2D eigenvalue weighted by molar-refractivity contribution is 8.00. The van der Waals surface area contributed by atoms with Gasteiger partial charge < -0.3 is 10.2 Å². The summed E-state index contributed by atoms with van der Waals surface area (Å²) >= 11 is 1.50. The summed E-state index contributed by atoms with van der Waals surface area (Å²) in [4.78, 5) is 28.5. The van der Waals surface area contributed by atoms with E-state index < -0.39 is 0 Å². The van der Waals surface area contributed by atoms with Crippen molar-refractivity contribution in [3.63, 3.8) is 0 Å². The van der Waals surface area contributed by atoms with Crippen molar-refractivity contribution in [1.82, 2.24) is 10.2 Å². The Morgan fingerprint density at radius 3 is 2.32 bits per heavy atom.